The number of nitrogens with two attached hydrogens (primary N) is 1. The van der Waals surface area contributed by atoms with Gasteiger partial charge >= 0.3 is 63.3 Å². The Bertz CT molecular complexity index is 151. The van der Waals surface area contributed by atoms with Gasteiger partial charge in [0.05, 0.1) is 0 Å². The third-order valence-electron chi connectivity index (χ3n) is 0.986. The number of aliphatic carboxylic acids is 2. The van der Waals surface area contributed by atoms with E-state index in [1.54, 1.807) is 0 Å². The first kappa shape index (κ1) is 18.3. The average molecular weight is 205 g/mol. The molecule has 0 fully saturated rings. The van der Waals surface area contributed by atoms with Gasteiger partial charge in [0.15, 0.2) is 0 Å². The fourth-order valence-corrected chi connectivity index (χ4v) is 0.402. The van der Waals surface area contributed by atoms with Gasteiger partial charge in [0.25, 0.3) is 0 Å². The Hall–Kier alpha value is 0.496. The average Bonchev–Trinajstić information content (AvgIpc) is 1.82. The zero-order valence-electron chi connectivity index (χ0n) is 5.78. The molecule has 0 radical (unpaired) electrons. The number of hydrogen-bond donors (Lipinski definition) is 3. The molecule has 7 heteroatoms. The quantitative estimate of drug-likeness (QED) is 0.447. The summed E-state index contributed by atoms with van der Waals surface area (Å²) in [7, 11) is 0. The summed E-state index contributed by atoms with van der Waals surface area (Å²) in [5, 5.41) is 16.3. The molecule has 0 aliphatic carbocycles. The van der Waals surface area contributed by atoms with E-state index >= 15 is 0 Å². The zero-order valence-corrected chi connectivity index (χ0v) is 5.78. The third-order valence-corrected chi connectivity index (χ3v) is 0.986. The van der Waals surface area contributed by atoms with Gasteiger partial charge < -0.3 is 21.4 Å². The molecule has 0 spiro atoms. The second-order valence-electron chi connectivity index (χ2n) is 1.88. The molecular weight excluding hydrogens is 193 g/mol. The van der Waals surface area contributed by atoms with Gasteiger partial charge in [0, 0.05) is 6.42 Å². The standard InChI is InChI=1S/C5H9NO4.K.H2O.H/c6-3(5(9)10)1-2-4(7)8;;;/h3H,1-2,6H2,(H,7,8)(H,9,10);;1H2;/t3-;;;/m0.../s1. The first-order chi connectivity index (χ1) is 4.54. The van der Waals surface area contributed by atoms with Gasteiger partial charge in [-0.15, -0.1) is 0 Å². The van der Waals surface area contributed by atoms with Crippen molar-refractivity contribution >= 4 is 63.3 Å². The molecular formula is C5H12KNO5. The van der Waals surface area contributed by atoms with Crippen LogP contribution in [0.15, 0.2) is 0 Å². The maximum absolute atomic E-state index is 9.99. The van der Waals surface area contributed by atoms with Gasteiger partial charge in [0.1, 0.15) is 6.04 Å². The van der Waals surface area contributed by atoms with Crippen molar-refractivity contribution < 1.29 is 25.3 Å². The first-order valence-electron chi connectivity index (χ1n) is 2.74. The van der Waals surface area contributed by atoms with E-state index in [2.05, 4.69) is 0 Å². The van der Waals surface area contributed by atoms with Gasteiger partial charge in [-0.1, -0.05) is 0 Å². The molecule has 68 valence electrons. The van der Waals surface area contributed by atoms with Gasteiger partial charge in [-0.05, 0) is 6.42 Å². The third kappa shape index (κ3) is 10.5. The van der Waals surface area contributed by atoms with Gasteiger partial charge in [0.2, 0.25) is 0 Å². The van der Waals surface area contributed by atoms with Crippen molar-refractivity contribution in [1.29, 1.82) is 0 Å². The predicted molar refractivity (Wildman–Crippen MR) is 43.2 cm³/mol. The zero-order chi connectivity index (χ0) is 8.15. The van der Waals surface area contributed by atoms with Crippen molar-refractivity contribution in [1.82, 2.24) is 0 Å². The molecule has 0 heterocycles. The molecule has 0 saturated heterocycles. The van der Waals surface area contributed by atoms with Crippen molar-refractivity contribution in [2.75, 3.05) is 0 Å². The minimum absolute atomic E-state index is 0. The van der Waals surface area contributed by atoms with Crippen LogP contribution < -0.4 is 5.73 Å². The van der Waals surface area contributed by atoms with E-state index in [9.17, 15) is 9.59 Å². The number of rotatable bonds is 4. The van der Waals surface area contributed by atoms with Crippen molar-refractivity contribution in [2.45, 2.75) is 18.9 Å². The summed E-state index contributed by atoms with van der Waals surface area (Å²) in [4.78, 5) is 19.9. The molecule has 0 amide bonds. The van der Waals surface area contributed by atoms with Crippen LogP contribution in [0.4, 0.5) is 0 Å². The van der Waals surface area contributed by atoms with Crippen LogP contribution in [0.25, 0.3) is 0 Å². The van der Waals surface area contributed by atoms with E-state index < -0.39 is 18.0 Å². The maximum atomic E-state index is 9.99. The van der Waals surface area contributed by atoms with Crippen LogP contribution in [0.1, 0.15) is 12.8 Å². The SMILES string of the molecule is N[C@@H](CCC(=O)O)C(=O)O.O.[KH]. The Morgan fingerprint density at radius 1 is 1.33 bits per heavy atom. The monoisotopic (exact) mass is 205 g/mol. The molecule has 1 atom stereocenters. The predicted octanol–water partition coefficient (Wildman–Crippen LogP) is -2.21. The Kier molecular flexibility index (Phi) is 14.6. The van der Waals surface area contributed by atoms with Crippen molar-refractivity contribution in [3.05, 3.63) is 0 Å². The fraction of sp³-hybridized carbons (Fsp3) is 0.600. The molecule has 6 N–H and O–H groups in total. The molecule has 12 heavy (non-hydrogen) atoms. The van der Waals surface area contributed by atoms with E-state index in [-0.39, 0.29) is 69.7 Å². The van der Waals surface area contributed by atoms with Crippen LogP contribution in [0.2, 0.25) is 0 Å². The van der Waals surface area contributed by atoms with Gasteiger partial charge in [-0.3, -0.25) is 9.59 Å². The molecule has 0 aliphatic rings. The van der Waals surface area contributed by atoms with Crippen LogP contribution in [0, 0.1) is 0 Å². The molecule has 0 saturated carbocycles. The number of carbonyl (C=O) groups is 2. The topological polar surface area (TPSA) is 132 Å². The molecule has 6 nitrogen and oxygen atoms in total. The Balaban J connectivity index is -0.000000405. The Morgan fingerprint density at radius 2 is 1.75 bits per heavy atom. The van der Waals surface area contributed by atoms with Crippen LogP contribution in [-0.4, -0.2) is 85.1 Å². The summed E-state index contributed by atoms with van der Waals surface area (Å²) in [6.07, 6.45) is -0.224. The van der Waals surface area contributed by atoms with E-state index in [0.717, 1.165) is 0 Å². The normalized spacial score (nSPS) is 10.4. The second kappa shape index (κ2) is 9.58. The fourth-order valence-electron chi connectivity index (χ4n) is 0.402. The first-order valence-corrected chi connectivity index (χ1v) is 2.74. The Labute approximate surface area is 112 Å². The molecule has 0 rings (SSSR count). The van der Waals surface area contributed by atoms with E-state index in [1.165, 1.54) is 0 Å². The van der Waals surface area contributed by atoms with Crippen LogP contribution in [-0.2, 0) is 9.59 Å². The van der Waals surface area contributed by atoms with Crippen molar-refractivity contribution in [3.63, 3.8) is 0 Å². The minimum atomic E-state index is -1.17. The summed E-state index contributed by atoms with van der Waals surface area (Å²) in [5.74, 6) is -2.20. The van der Waals surface area contributed by atoms with Gasteiger partial charge in [-0.2, -0.15) is 0 Å². The molecule has 0 aromatic heterocycles. The van der Waals surface area contributed by atoms with Crippen LogP contribution in [0.3, 0.4) is 0 Å². The molecule has 0 aromatic rings. The molecule has 0 aromatic carbocycles. The molecule has 0 bridgehead atoms. The van der Waals surface area contributed by atoms with E-state index in [0.29, 0.717) is 0 Å². The summed E-state index contributed by atoms with van der Waals surface area (Å²) in [6.45, 7) is 0. The van der Waals surface area contributed by atoms with E-state index in [1.807, 2.05) is 0 Å². The van der Waals surface area contributed by atoms with Crippen LogP contribution in [0.5, 0.6) is 0 Å². The van der Waals surface area contributed by atoms with E-state index in [4.69, 9.17) is 15.9 Å². The molecule has 0 aliphatic heterocycles. The summed E-state index contributed by atoms with van der Waals surface area (Å²) >= 11 is 0. The molecule has 0 unspecified atom stereocenters. The summed E-state index contributed by atoms with van der Waals surface area (Å²) in [5.41, 5.74) is 5.00. The Morgan fingerprint density at radius 3 is 2.00 bits per heavy atom. The number of hydrogen-bond acceptors (Lipinski definition) is 3. The van der Waals surface area contributed by atoms with Crippen LogP contribution >= 0.6 is 0 Å². The summed E-state index contributed by atoms with van der Waals surface area (Å²) in [6, 6.07) is -1.06. The van der Waals surface area contributed by atoms with Crippen molar-refractivity contribution in [3.8, 4) is 0 Å². The number of carboxylic acids is 2. The van der Waals surface area contributed by atoms with Gasteiger partial charge in [-0.25, -0.2) is 0 Å². The number of carboxylic acid groups (broad SMARTS) is 2. The summed E-state index contributed by atoms with van der Waals surface area (Å²) < 4.78 is 0. The second-order valence-corrected chi connectivity index (χ2v) is 1.88. The van der Waals surface area contributed by atoms with Crippen molar-refractivity contribution in [2.24, 2.45) is 5.73 Å².